The molecule has 1 aliphatic carbocycles. The van der Waals surface area contributed by atoms with E-state index in [1.807, 2.05) is 9.80 Å². The highest BCUT2D eigenvalue weighted by molar-refractivity contribution is 5.89. The summed E-state index contributed by atoms with van der Waals surface area (Å²) >= 11 is 0. The number of halogens is 1. The van der Waals surface area contributed by atoms with Crippen molar-refractivity contribution in [2.75, 3.05) is 32.7 Å². The van der Waals surface area contributed by atoms with Gasteiger partial charge in [0.05, 0.1) is 19.2 Å². The van der Waals surface area contributed by atoms with Gasteiger partial charge >= 0.3 is 0 Å². The average molecular weight is 418 g/mol. The van der Waals surface area contributed by atoms with E-state index >= 15 is 0 Å². The molecule has 0 spiro atoms. The lowest BCUT2D eigenvalue weighted by Gasteiger charge is -2.41. The Kier molecular flexibility index (Phi) is 5.83. The molecular weight excluding hydrogens is 390 g/mol. The van der Waals surface area contributed by atoms with Crippen molar-refractivity contribution in [3.8, 4) is 0 Å². The molecule has 3 aliphatic rings. The molecule has 5 rings (SSSR count). The summed E-state index contributed by atoms with van der Waals surface area (Å²) in [5.74, 6) is 0.288. The molecule has 0 saturated carbocycles. The molecule has 2 fully saturated rings. The van der Waals surface area contributed by atoms with Crippen LogP contribution in [-0.4, -0.2) is 60.4 Å². The third-order valence-electron chi connectivity index (χ3n) is 6.53. The standard InChI is InChI=1S/C22H27N3O3.ClH/c26-21(24-7-2-5-18(13-24)25-8-6-23-12-22(25)27)11-17-14-28-20-10-16-4-1-3-15(16)9-19(17)20;/h9-10,14,18,23H,1-8,11-13H2;1H. The van der Waals surface area contributed by atoms with Gasteiger partial charge in [-0.05, 0) is 55.4 Å². The molecule has 1 aromatic carbocycles. The van der Waals surface area contributed by atoms with Gasteiger partial charge in [0.25, 0.3) is 0 Å². The van der Waals surface area contributed by atoms with Gasteiger partial charge < -0.3 is 19.5 Å². The van der Waals surface area contributed by atoms with Crippen LogP contribution >= 0.6 is 12.4 Å². The van der Waals surface area contributed by atoms with Gasteiger partial charge in [-0.25, -0.2) is 0 Å². The number of likely N-dealkylation sites (tertiary alicyclic amines) is 1. The maximum absolute atomic E-state index is 13.0. The molecule has 0 bridgehead atoms. The highest BCUT2D eigenvalue weighted by Gasteiger charge is 2.31. The van der Waals surface area contributed by atoms with Crippen molar-refractivity contribution < 1.29 is 14.0 Å². The van der Waals surface area contributed by atoms with Crippen LogP contribution in [0.4, 0.5) is 0 Å². The van der Waals surface area contributed by atoms with Gasteiger partial charge in [0.2, 0.25) is 11.8 Å². The zero-order valence-electron chi connectivity index (χ0n) is 16.6. The number of nitrogens with zero attached hydrogens (tertiary/aromatic N) is 2. The molecule has 2 amide bonds. The van der Waals surface area contributed by atoms with Crippen molar-refractivity contribution in [3.05, 3.63) is 35.1 Å². The molecule has 7 heteroatoms. The lowest BCUT2D eigenvalue weighted by Crippen LogP contribution is -2.57. The minimum atomic E-state index is 0. The largest absolute Gasteiger partial charge is 0.464 e. The minimum absolute atomic E-state index is 0. The van der Waals surface area contributed by atoms with Gasteiger partial charge in [-0.1, -0.05) is 0 Å². The summed E-state index contributed by atoms with van der Waals surface area (Å²) in [7, 11) is 0. The SMILES string of the molecule is Cl.O=C(Cc1coc2cc3c(cc12)CCC3)N1CCCC(N2CCNCC2=O)C1. The number of nitrogens with one attached hydrogen (secondary N) is 1. The average Bonchev–Trinajstić information content (AvgIpc) is 3.33. The summed E-state index contributed by atoms with van der Waals surface area (Å²) in [6, 6.07) is 4.53. The summed E-state index contributed by atoms with van der Waals surface area (Å²) in [5.41, 5.74) is 4.67. The predicted octanol–water partition coefficient (Wildman–Crippen LogP) is 2.31. The number of aryl methyl sites for hydroxylation is 2. The summed E-state index contributed by atoms with van der Waals surface area (Å²) in [5, 5.41) is 4.20. The first-order valence-electron chi connectivity index (χ1n) is 10.5. The van der Waals surface area contributed by atoms with Crippen LogP contribution in [0.2, 0.25) is 0 Å². The fraction of sp³-hybridized carbons (Fsp3) is 0.545. The number of hydrogen-bond donors (Lipinski definition) is 1. The normalized spacial score (nSPS) is 21.9. The van der Waals surface area contributed by atoms with E-state index in [-0.39, 0.29) is 30.3 Å². The van der Waals surface area contributed by atoms with Crippen LogP contribution in [0, 0.1) is 0 Å². The van der Waals surface area contributed by atoms with Crippen LogP contribution in [0.25, 0.3) is 11.0 Å². The van der Waals surface area contributed by atoms with Crippen molar-refractivity contribution in [2.24, 2.45) is 0 Å². The van der Waals surface area contributed by atoms with E-state index in [0.717, 1.165) is 61.9 Å². The second-order valence-electron chi connectivity index (χ2n) is 8.31. The van der Waals surface area contributed by atoms with Gasteiger partial charge in [0.1, 0.15) is 5.58 Å². The molecule has 29 heavy (non-hydrogen) atoms. The summed E-state index contributed by atoms with van der Waals surface area (Å²) in [6.07, 6.45) is 7.50. The maximum Gasteiger partial charge on any atom is 0.236 e. The van der Waals surface area contributed by atoms with Gasteiger partial charge in [-0.3, -0.25) is 9.59 Å². The van der Waals surface area contributed by atoms with Gasteiger partial charge in [0.15, 0.2) is 0 Å². The monoisotopic (exact) mass is 417 g/mol. The molecule has 1 atom stereocenters. The Balaban J connectivity index is 0.00000205. The summed E-state index contributed by atoms with van der Waals surface area (Å²) < 4.78 is 5.76. The van der Waals surface area contributed by atoms with E-state index in [0.29, 0.717) is 19.5 Å². The highest BCUT2D eigenvalue weighted by atomic mass is 35.5. The maximum atomic E-state index is 13.0. The van der Waals surface area contributed by atoms with Crippen molar-refractivity contribution in [2.45, 2.75) is 44.6 Å². The summed E-state index contributed by atoms with van der Waals surface area (Å²) in [4.78, 5) is 29.1. The first kappa shape index (κ1) is 20.2. The Morgan fingerprint density at radius 1 is 1.17 bits per heavy atom. The molecule has 3 heterocycles. The molecular formula is C22H28ClN3O3. The van der Waals surface area contributed by atoms with Gasteiger partial charge in [-0.15, -0.1) is 12.4 Å². The van der Waals surface area contributed by atoms with E-state index in [1.54, 1.807) is 6.26 Å². The van der Waals surface area contributed by atoms with Crippen molar-refractivity contribution in [1.82, 2.24) is 15.1 Å². The third kappa shape index (κ3) is 3.88. The van der Waals surface area contributed by atoms with E-state index in [9.17, 15) is 9.59 Å². The highest BCUT2D eigenvalue weighted by Crippen LogP contribution is 2.31. The second-order valence-corrected chi connectivity index (χ2v) is 8.31. The number of carbonyl (C=O) groups excluding carboxylic acids is 2. The molecule has 1 unspecified atom stereocenters. The first-order valence-corrected chi connectivity index (χ1v) is 10.5. The molecule has 156 valence electrons. The van der Waals surface area contributed by atoms with Crippen LogP contribution in [-0.2, 0) is 28.9 Å². The molecule has 2 aromatic rings. The molecule has 0 radical (unpaired) electrons. The fourth-order valence-corrected chi connectivity index (χ4v) is 5.00. The van der Waals surface area contributed by atoms with Crippen molar-refractivity contribution in [3.63, 3.8) is 0 Å². The number of carbonyl (C=O) groups is 2. The van der Waals surface area contributed by atoms with Crippen LogP contribution in [0.1, 0.15) is 36.0 Å². The van der Waals surface area contributed by atoms with Crippen molar-refractivity contribution >= 4 is 35.2 Å². The number of rotatable bonds is 3. The fourth-order valence-electron chi connectivity index (χ4n) is 5.00. The van der Waals surface area contributed by atoms with Crippen LogP contribution in [0.5, 0.6) is 0 Å². The molecule has 2 saturated heterocycles. The zero-order valence-corrected chi connectivity index (χ0v) is 17.4. The Hall–Kier alpha value is -2.05. The predicted molar refractivity (Wildman–Crippen MR) is 113 cm³/mol. The number of amides is 2. The number of piperazine rings is 1. The third-order valence-corrected chi connectivity index (χ3v) is 6.53. The van der Waals surface area contributed by atoms with E-state index in [4.69, 9.17) is 4.42 Å². The van der Waals surface area contributed by atoms with Crippen molar-refractivity contribution in [1.29, 1.82) is 0 Å². The molecule has 1 aromatic heterocycles. The second kappa shape index (κ2) is 8.36. The van der Waals surface area contributed by atoms with Gasteiger partial charge in [-0.2, -0.15) is 0 Å². The number of hydrogen-bond acceptors (Lipinski definition) is 4. The quantitative estimate of drug-likeness (QED) is 0.832. The van der Waals surface area contributed by atoms with E-state index in [2.05, 4.69) is 17.4 Å². The van der Waals surface area contributed by atoms with E-state index < -0.39 is 0 Å². The lowest BCUT2D eigenvalue weighted by atomic mass is 10.0. The minimum Gasteiger partial charge on any atom is -0.464 e. The van der Waals surface area contributed by atoms with E-state index in [1.165, 1.54) is 17.5 Å². The number of benzene rings is 1. The Morgan fingerprint density at radius 2 is 2.00 bits per heavy atom. The topological polar surface area (TPSA) is 65.8 Å². The smallest absolute Gasteiger partial charge is 0.236 e. The van der Waals surface area contributed by atoms with Crippen LogP contribution in [0.3, 0.4) is 0 Å². The number of furan rings is 1. The van der Waals surface area contributed by atoms with Crippen LogP contribution < -0.4 is 5.32 Å². The Morgan fingerprint density at radius 3 is 2.83 bits per heavy atom. The number of piperidine rings is 1. The molecule has 1 N–H and O–H groups in total. The molecule has 2 aliphatic heterocycles. The zero-order chi connectivity index (χ0) is 19.1. The Bertz CT molecular complexity index is 925. The lowest BCUT2D eigenvalue weighted by molar-refractivity contribution is -0.140. The van der Waals surface area contributed by atoms with Gasteiger partial charge in [0, 0.05) is 43.2 Å². The van der Waals surface area contributed by atoms with Crippen LogP contribution in [0.15, 0.2) is 22.8 Å². The Labute approximate surface area is 177 Å². The first-order chi connectivity index (χ1) is 13.7. The summed E-state index contributed by atoms with van der Waals surface area (Å²) in [6.45, 7) is 3.41. The number of fused-ring (bicyclic) bond motifs is 2. The molecule has 6 nitrogen and oxygen atoms in total.